The Morgan fingerprint density at radius 3 is 3.08 bits per heavy atom. The number of benzene rings is 1. The molecule has 1 aliphatic rings. The molecule has 0 radical (unpaired) electrons. The molecular weight excluding hydrogens is 392 g/mol. The van der Waals surface area contributed by atoms with Gasteiger partial charge in [-0.25, -0.2) is 4.68 Å². The molecule has 1 atom stereocenters. The molecule has 5 nitrogen and oxygen atoms in total. The molecule has 1 amide bonds. The lowest BCUT2D eigenvalue weighted by atomic mass is 9.96. The first-order valence-electron chi connectivity index (χ1n) is 8.02. The third-order valence-corrected chi connectivity index (χ3v) is 4.65. The first-order chi connectivity index (χ1) is 11.2. The van der Waals surface area contributed by atoms with Gasteiger partial charge in [0.05, 0.1) is 17.4 Å². The van der Waals surface area contributed by atoms with Crippen molar-refractivity contribution in [3.63, 3.8) is 0 Å². The fraction of sp³-hybridized carbons (Fsp3) is 0.412. The highest BCUT2D eigenvalue weighted by Gasteiger charge is 2.14. The van der Waals surface area contributed by atoms with Gasteiger partial charge in [-0.2, -0.15) is 5.10 Å². The van der Waals surface area contributed by atoms with Crippen molar-refractivity contribution >= 4 is 34.2 Å². The van der Waals surface area contributed by atoms with E-state index in [1.807, 2.05) is 24.3 Å². The average Bonchev–Trinajstić information content (AvgIpc) is 3.06. The summed E-state index contributed by atoms with van der Waals surface area (Å²) in [7, 11) is 0. The minimum atomic E-state index is -0.0602. The van der Waals surface area contributed by atoms with Gasteiger partial charge in [-0.05, 0) is 56.5 Å². The van der Waals surface area contributed by atoms with Crippen LogP contribution in [-0.4, -0.2) is 35.3 Å². The van der Waals surface area contributed by atoms with Crippen LogP contribution in [0.1, 0.15) is 29.6 Å². The Labute approximate surface area is 156 Å². The Morgan fingerprint density at radius 2 is 2.33 bits per heavy atom. The SMILES string of the molecule is Cl.O=C(NCCC1CCCNC1)c1cnn(-c2cccc(Br)c2)c1. The van der Waals surface area contributed by atoms with E-state index in [0.717, 1.165) is 29.7 Å². The van der Waals surface area contributed by atoms with Crippen LogP contribution < -0.4 is 10.6 Å². The van der Waals surface area contributed by atoms with Gasteiger partial charge in [-0.3, -0.25) is 4.79 Å². The van der Waals surface area contributed by atoms with E-state index in [9.17, 15) is 4.79 Å². The second-order valence-corrected chi connectivity index (χ2v) is 6.83. The lowest BCUT2D eigenvalue weighted by Crippen LogP contribution is -2.33. The maximum absolute atomic E-state index is 12.2. The molecular formula is C17H22BrClN4O. The third kappa shape index (κ3) is 5.06. The number of rotatable bonds is 5. The van der Waals surface area contributed by atoms with E-state index in [4.69, 9.17) is 0 Å². The van der Waals surface area contributed by atoms with Crippen molar-refractivity contribution in [3.8, 4) is 5.69 Å². The second kappa shape index (κ2) is 9.20. The number of carbonyl (C=O) groups excluding carboxylic acids is 1. The normalized spacial score (nSPS) is 17.1. The van der Waals surface area contributed by atoms with Crippen LogP contribution >= 0.6 is 28.3 Å². The smallest absolute Gasteiger partial charge is 0.254 e. The van der Waals surface area contributed by atoms with Gasteiger partial charge in [0.1, 0.15) is 0 Å². The van der Waals surface area contributed by atoms with Crippen LogP contribution in [0.25, 0.3) is 5.69 Å². The van der Waals surface area contributed by atoms with Crippen molar-refractivity contribution in [1.82, 2.24) is 20.4 Å². The Hall–Kier alpha value is -1.37. The summed E-state index contributed by atoms with van der Waals surface area (Å²) in [6, 6.07) is 7.82. The van der Waals surface area contributed by atoms with Crippen molar-refractivity contribution in [1.29, 1.82) is 0 Å². The van der Waals surface area contributed by atoms with Crippen LogP contribution in [0.2, 0.25) is 0 Å². The molecule has 1 aromatic carbocycles. The average molecular weight is 414 g/mol. The zero-order valence-electron chi connectivity index (χ0n) is 13.4. The number of piperidine rings is 1. The molecule has 1 unspecified atom stereocenters. The number of nitrogens with zero attached hydrogens (tertiary/aromatic N) is 2. The van der Waals surface area contributed by atoms with Crippen molar-refractivity contribution < 1.29 is 4.79 Å². The van der Waals surface area contributed by atoms with Crippen molar-refractivity contribution in [2.24, 2.45) is 5.92 Å². The zero-order chi connectivity index (χ0) is 16.1. The molecule has 2 aromatic rings. The van der Waals surface area contributed by atoms with E-state index in [1.165, 1.54) is 12.8 Å². The summed E-state index contributed by atoms with van der Waals surface area (Å²) in [5, 5.41) is 10.7. The number of carbonyl (C=O) groups is 1. The first-order valence-corrected chi connectivity index (χ1v) is 8.81. The molecule has 0 aliphatic carbocycles. The van der Waals surface area contributed by atoms with E-state index in [2.05, 4.69) is 31.7 Å². The lowest BCUT2D eigenvalue weighted by Gasteiger charge is -2.22. The Morgan fingerprint density at radius 1 is 1.46 bits per heavy atom. The van der Waals surface area contributed by atoms with E-state index < -0.39 is 0 Å². The lowest BCUT2D eigenvalue weighted by molar-refractivity contribution is 0.0950. The van der Waals surface area contributed by atoms with Crippen LogP contribution in [0.4, 0.5) is 0 Å². The minimum Gasteiger partial charge on any atom is -0.352 e. The number of nitrogens with one attached hydrogen (secondary N) is 2. The summed E-state index contributed by atoms with van der Waals surface area (Å²) < 4.78 is 2.70. The molecule has 2 heterocycles. The van der Waals surface area contributed by atoms with Gasteiger partial charge < -0.3 is 10.6 Å². The topological polar surface area (TPSA) is 59.0 Å². The van der Waals surface area contributed by atoms with Crippen LogP contribution in [0.3, 0.4) is 0 Å². The van der Waals surface area contributed by atoms with Crippen LogP contribution in [0.5, 0.6) is 0 Å². The van der Waals surface area contributed by atoms with Crippen molar-refractivity contribution in [2.75, 3.05) is 19.6 Å². The fourth-order valence-electron chi connectivity index (χ4n) is 2.86. The number of hydrogen-bond acceptors (Lipinski definition) is 3. The minimum absolute atomic E-state index is 0. The van der Waals surface area contributed by atoms with Gasteiger partial charge in [-0.15, -0.1) is 12.4 Å². The maximum atomic E-state index is 12.2. The van der Waals surface area contributed by atoms with Gasteiger partial charge in [0, 0.05) is 17.2 Å². The molecule has 24 heavy (non-hydrogen) atoms. The van der Waals surface area contributed by atoms with Gasteiger partial charge in [0.2, 0.25) is 0 Å². The highest BCUT2D eigenvalue weighted by atomic mass is 79.9. The number of halogens is 2. The Bertz CT molecular complexity index is 670. The molecule has 1 aliphatic heterocycles. The quantitative estimate of drug-likeness (QED) is 0.791. The maximum Gasteiger partial charge on any atom is 0.254 e. The summed E-state index contributed by atoms with van der Waals surface area (Å²) in [6.07, 6.45) is 6.89. The molecule has 3 rings (SSSR count). The van der Waals surface area contributed by atoms with E-state index in [1.54, 1.807) is 17.1 Å². The van der Waals surface area contributed by atoms with Gasteiger partial charge >= 0.3 is 0 Å². The highest BCUT2D eigenvalue weighted by molar-refractivity contribution is 9.10. The molecule has 1 fully saturated rings. The molecule has 0 spiro atoms. The van der Waals surface area contributed by atoms with Crippen molar-refractivity contribution in [3.05, 3.63) is 46.7 Å². The molecule has 2 N–H and O–H groups in total. The van der Waals surface area contributed by atoms with E-state index in [-0.39, 0.29) is 18.3 Å². The Balaban J connectivity index is 0.00000208. The monoisotopic (exact) mass is 412 g/mol. The second-order valence-electron chi connectivity index (χ2n) is 5.91. The summed E-state index contributed by atoms with van der Waals surface area (Å²) >= 11 is 3.44. The zero-order valence-corrected chi connectivity index (χ0v) is 15.8. The van der Waals surface area contributed by atoms with Crippen LogP contribution in [0.15, 0.2) is 41.1 Å². The Kier molecular flexibility index (Phi) is 7.27. The number of amides is 1. The summed E-state index contributed by atoms with van der Waals surface area (Å²) in [6.45, 7) is 2.90. The molecule has 7 heteroatoms. The summed E-state index contributed by atoms with van der Waals surface area (Å²) in [5.41, 5.74) is 1.51. The molecule has 0 bridgehead atoms. The van der Waals surface area contributed by atoms with Gasteiger partial charge in [-0.1, -0.05) is 22.0 Å². The standard InChI is InChI=1S/C17H21BrN4O.ClH/c18-15-4-1-5-16(9-15)22-12-14(11-21-22)17(23)20-8-6-13-3-2-7-19-10-13;/h1,4-5,9,11-13,19H,2-3,6-8,10H2,(H,20,23);1H. The fourth-order valence-corrected chi connectivity index (χ4v) is 3.25. The van der Waals surface area contributed by atoms with E-state index in [0.29, 0.717) is 18.0 Å². The van der Waals surface area contributed by atoms with Crippen molar-refractivity contribution in [2.45, 2.75) is 19.3 Å². The molecule has 1 saturated heterocycles. The molecule has 1 aromatic heterocycles. The summed E-state index contributed by atoms with van der Waals surface area (Å²) in [5.74, 6) is 0.614. The van der Waals surface area contributed by atoms with Crippen LogP contribution in [0, 0.1) is 5.92 Å². The number of aromatic nitrogens is 2. The molecule has 0 saturated carbocycles. The van der Waals surface area contributed by atoms with E-state index >= 15 is 0 Å². The molecule has 130 valence electrons. The third-order valence-electron chi connectivity index (χ3n) is 4.15. The van der Waals surface area contributed by atoms with Crippen LogP contribution in [-0.2, 0) is 0 Å². The largest absolute Gasteiger partial charge is 0.352 e. The predicted octanol–water partition coefficient (Wildman–Crippen LogP) is 3.18. The first kappa shape index (κ1) is 19.0. The van der Waals surface area contributed by atoms with Gasteiger partial charge in [0.25, 0.3) is 5.91 Å². The summed E-state index contributed by atoms with van der Waals surface area (Å²) in [4.78, 5) is 12.2. The number of hydrogen-bond donors (Lipinski definition) is 2. The predicted molar refractivity (Wildman–Crippen MR) is 101 cm³/mol. The highest BCUT2D eigenvalue weighted by Crippen LogP contribution is 2.16. The van der Waals surface area contributed by atoms with Gasteiger partial charge in [0.15, 0.2) is 0 Å².